The normalized spacial score (nSPS) is 11.4. The average Bonchev–Trinajstić information content (AvgIpc) is 2.88. The van der Waals surface area contributed by atoms with Crippen molar-refractivity contribution in [1.29, 1.82) is 0 Å². The molecule has 0 bridgehead atoms. The summed E-state index contributed by atoms with van der Waals surface area (Å²) < 4.78 is 50.9. The molecule has 0 fully saturated rings. The van der Waals surface area contributed by atoms with Gasteiger partial charge in [-0.3, -0.25) is 9.59 Å². The van der Waals surface area contributed by atoms with Gasteiger partial charge in [-0.05, 0) is 77.5 Å². The first-order valence-electron chi connectivity index (χ1n) is 11.8. The second kappa shape index (κ2) is 14.6. The van der Waals surface area contributed by atoms with E-state index in [9.17, 15) is 22.8 Å². The van der Waals surface area contributed by atoms with Crippen molar-refractivity contribution in [2.24, 2.45) is 5.10 Å². The van der Waals surface area contributed by atoms with Crippen molar-refractivity contribution < 1.29 is 32.2 Å². The second-order valence-corrected chi connectivity index (χ2v) is 10.2. The van der Waals surface area contributed by atoms with Crippen LogP contribution < -0.4 is 20.2 Å². The fourth-order valence-electron chi connectivity index (χ4n) is 3.31. The summed E-state index contributed by atoms with van der Waals surface area (Å²) in [6.07, 6.45) is -3.58. The Balaban J connectivity index is 1.55. The molecule has 2 amide bonds. The third-order valence-electron chi connectivity index (χ3n) is 5.17. The van der Waals surface area contributed by atoms with Gasteiger partial charge in [-0.25, -0.2) is 5.43 Å². The molecule has 3 aromatic carbocycles. The van der Waals surface area contributed by atoms with Crippen LogP contribution in [0.25, 0.3) is 0 Å². The number of carbonyl (C=O) groups excluding carboxylic acids is 2. The van der Waals surface area contributed by atoms with Gasteiger partial charge < -0.3 is 14.8 Å². The SMILES string of the molecule is CCOc1cc(C=NNC(=O)CCC(=O)Nc2cccc(C(F)(F)F)c2)cc(I)c1OCc1ccc(Cl)cc1Cl. The van der Waals surface area contributed by atoms with Crippen LogP contribution >= 0.6 is 45.8 Å². The number of carbonyl (C=O) groups is 2. The van der Waals surface area contributed by atoms with Gasteiger partial charge in [0.15, 0.2) is 11.5 Å². The van der Waals surface area contributed by atoms with E-state index in [1.807, 2.05) is 6.92 Å². The first kappa shape index (κ1) is 31.5. The van der Waals surface area contributed by atoms with Crippen molar-refractivity contribution in [2.45, 2.75) is 32.5 Å². The van der Waals surface area contributed by atoms with Gasteiger partial charge in [-0.1, -0.05) is 35.3 Å². The fourth-order valence-corrected chi connectivity index (χ4v) is 4.56. The Hall–Kier alpha value is -3.03. The maximum Gasteiger partial charge on any atom is 0.416 e. The van der Waals surface area contributed by atoms with E-state index < -0.39 is 23.6 Å². The molecule has 3 aromatic rings. The zero-order valence-corrected chi connectivity index (χ0v) is 24.6. The average molecular weight is 708 g/mol. The summed E-state index contributed by atoms with van der Waals surface area (Å²) in [6, 6.07) is 12.8. The number of benzene rings is 3. The van der Waals surface area contributed by atoms with E-state index in [1.165, 1.54) is 18.3 Å². The smallest absolute Gasteiger partial charge is 0.416 e. The Kier molecular flexibility index (Phi) is 11.5. The number of hydrogen-bond donors (Lipinski definition) is 2. The highest BCUT2D eigenvalue weighted by atomic mass is 127. The van der Waals surface area contributed by atoms with Gasteiger partial charge in [0.25, 0.3) is 0 Å². The van der Waals surface area contributed by atoms with Crippen molar-refractivity contribution in [2.75, 3.05) is 11.9 Å². The number of ether oxygens (including phenoxy) is 2. The molecule has 0 atom stereocenters. The number of amides is 2. The number of alkyl halides is 3. The molecule has 0 radical (unpaired) electrons. The highest BCUT2D eigenvalue weighted by molar-refractivity contribution is 14.1. The number of hydrazone groups is 1. The zero-order valence-electron chi connectivity index (χ0n) is 20.9. The van der Waals surface area contributed by atoms with Crippen LogP contribution in [0.4, 0.5) is 18.9 Å². The molecule has 2 N–H and O–H groups in total. The Morgan fingerprint density at radius 1 is 1.02 bits per heavy atom. The van der Waals surface area contributed by atoms with E-state index in [0.717, 1.165) is 21.3 Å². The van der Waals surface area contributed by atoms with Crippen LogP contribution in [0.15, 0.2) is 59.7 Å². The van der Waals surface area contributed by atoms with Gasteiger partial charge in [-0.15, -0.1) is 0 Å². The van der Waals surface area contributed by atoms with E-state index in [2.05, 4.69) is 38.4 Å². The van der Waals surface area contributed by atoms with E-state index in [4.69, 9.17) is 32.7 Å². The van der Waals surface area contributed by atoms with Crippen molar-refractivity contribution >= 4 is 69.5 Å². The van der Waals surface area contributed by atoms with Crippen LogP contribution in [0.5, 0.6) is 11.5 Å². The molecule has 0 aliphatic carbocycles. The highest BCUT2D eigenvalue weighted by Gasteiger charge is 2.30. The van der Waals surface area contributed by atoms with Gasteiger partial charge >= 0.3 is 6.18 Å². The lowest BCUT2D eigenvalue weighted by atomic mass is 10.2. The lowest BCUT2D eigenvalue weighted by Gasteiger charge is -2.15. The lowest BCUT2D eigenvalue weighted by molar-refractivity contribution is -0.137. The topological polar surface area (TPSA) is 89.0 Å². The van der Waals surface area contributed by atoms with Crippen LogP contribution in [-0.2, 0) is 22.4 Å². The standard InChI is InChI=1S/C27H23Cl2F3IN3O4/c1-2-39-23-11-16(10-22(33)26(23)40-15-17-6-7-19(28)13-21(17)29)14-34-36-25(38)9-8-24(37)35-20-5-3-4-18(12-20)27(30,31)32/h3-7,10-14H,2,8-9,15H2,1H3,(H,35,37)(H,36,38). The Bertz CT molecular complexity index is 1400. The first-order valence-corrected chi connectivity index (χ1v) is 13.6. The molecule has 0 saturated heterocycles. The van der Waals surface area contributed by atoms with Gasteiger partial charge in [0.1, 0.15) is 6.61 Å². The molecule has 0 heterocycles. The number of nitrogens with one attached hydrogen (secondary N) is 2. The van der Waals surface area contributed by atoms with Gasteiger partial charge in [0.05, 0.1) is 22.0 Å². The maximum atomic E-state index is 12.8. The van der Waals surface area contributed by atoms with Gasteiger partial charge in [-0.2, -0.15) is 18.3 Å². The molecular weight excluding hydrogens is 685 g/mol. The van der Waals surface area contributed by atoms with Crippen molar-refractivity contribution in [1.82, 2.24) is 5.43 Å². The van der Waals surface area contributed by atoms with Crippen molar-refractivity contribution in [3.05, 3.63) is 84.9 Å². The van der Waals surface area contributed by atoms with Crippen LogP contribution in [-0.4, -0.2) is 24.6 Å². The van der Waals surface area contributed by atoms with Gasteiger partial charge in [0, 0.05) is 34.1 Å². The maximum absolute atomic E-state index is 12.8. The fraction of sp³-hybridized carbons (Fsp3) is 0.222. The van der Waals surface area contributed by atoms with Crippen molar-refractivity contribution in [3.63, 3.8) is 0 Å². The molecule has 7 nitrogen and oxygen atoms in total. The molecule has 0 aliphatic rings. The Morgan fingerprint density at radius 2 is 1.77 bits per heavy atom. The van der Waals surface area contributed by atoms with Crippen LogP contribution in [0.2, 0.25) is 10.0 Å². The molecular formula is C27H23Cl2F3IN3O4. The minimum atomic E-state index is -4.53. The van der Waals surface area contributed by atoms with Gasteiger partial charge in [0.2, 0.25) is 11.8 Å². The first-order chi connectivity index (χ1) is 19.0. The minimum absolute atomic E-state index is 0.0124. The summed E-state index contributed by atoms with van der Waals surface area (Å²) in [5.41, 5.74) is 2.80. The largest absolute Gasteiger partial charge is 0.490 e. The zero-order chi connectivity index (χ0) is 29.3. The molecule has 0 saturated carbocycles. The molecule has 0 aliphatic heterocycles. The third kappa shape index (κ3) is 9.56. The van der Waals surface area contributed by atoms with Crippen molar-refractivity contribution in [3.8, 4) is 11.5 Å². The predicted octanol–water partition coefficient (Wildman–Crippen LogP) is 7.46. The van der Waals surface area contributed by atoms with E-state index in [1.54, 1.807) is 30.3 Å². The van der Waals surface area contributed by atoms with E-state index in [-0.39, 0.29) is 25.1 Å². The predicted molar refractivity (Wildman–Crippen MR) is 156 cm³/mol. The molecule has 0 unspecified atom stereocenters. The summed E-state index contributed by atoms with van der Waals surface area (Å²) >= 11 is 14.3. The molecule has 13 heteroatoms. The summed E-state index contributed by atoms with van der Waals surface area (Å²) in [5.74, 6) is -0.167. The third-order valence-corrected chi connectivity index (χ3v) is 6.56. The summed E-state index contributed by atoms with van der Waals surface area (Å²) in [4.78, 5) is 24.2. The highest BCUT2D eigenvalue weighted by Crippen LogP contribution is 2.35. The van der Waals surface area contributed by atoms with E-state index >= 15 is 0 Å². The number of halogens is 6. The number of rotatable bonds is 11. The minimum Gasteiger partial charge on any atom is -0.490 e. The lowest BCUT2D eigenvalue weighted by Crippen LogP contribution is -2.20. The van der Waals surface area contributed by atoms with Crippen LogP contribution in [0.3, 0.4) is 0 Å². The second-order valence-electron chi connectivity index (χ2n) is 8.21. The number of hydrogen-bond acceptors (Lipinski definition) is 5. The Labute approximate surface area is 252 Å². The molecule has 3 rings (SSSR count). The monoisotopic (exact) mass is 707 g/mol. The summed E-state index contributed by atoms with van der Waals surface area (Å²) in [7, 11) is 0. The number of anilines is 1. The van der Waals surface area contributed by atoms with Crippen LogP contribution in [0.1, 0.15) is 36.5 Å². The summed E-state index contributed by atoms with van der Waals surface area (Å²) in [5, 5.41) is 7.27. The van der Waals surface area contributed by atoms with E-state index in [0.29, 0.717) is 33.7 Å². The number of nitrogens with zero attached hydrogens (tertiary/aromatic N) is 1. The quantitative estimate of drug-likeness (QED) is 0.123. The summed E-state index contributed by atoms with van der Waals surface area (Å²) in [6.45, 7) is 2.40. The molecule has 0 spiro atoms. The molecule has 212 valence electrons. The Morgan fingerprint density at radius 3 is 2.48 bits per heavy atom. The molecule has 40 heavy (non-hydrogen) atoms. The molecule has 0 aromatic heterocycles. The van der Waals surface area contributed by atoms with Crippen LogP contribution in [0, 0.1) is 3.57 Å².